The summed E-state index contributed by atoms with van der Waals surface area (Å²) in [7, 11) is 1.64. The average molecular weight is 557 g/mol. The number of nitrogens with one attached hydrogen (secondary N) is 2. The fourth-order valence-electron chi connectivity index (χ4n) is 6.14. The summed E-state index contributed by atoms with van der Waals surface area (Å²) in [5.74, 6) is 1.58. The Morgan fingerprint density at radius 2 is 2.05 bits per heavy atom. The molecule has 3 aromatic rings. The van der Waals surface area contributed by atoms with Crippen molar-refractivity contribution < 1.29 is 14.4 Å². The van der Waals surface area contributed by atoms with Crippen molar-refractivity contribution in [3.8, 4) is 5.75 Å². The number of likely N-dealkylation sites (N-methyl/N-ethyl adjacent to an activating group) is 1. The number of likely N-dealkylation sites (tertiary alicyclic amines) is 1. The summed E-state index contributed by atoms with van der Waals surface area (Å²) < 4.78 is 5.82. The number of carbonyl (C=O) groups excluding carboxylic acids is 1. The minimum Gasteiger partial charge on any atom is -0.494 e. The molecule has 0 radical (unpaired) electrons. The van der Waals surface area contributed by atoms with E-state index in [2.05, 4.69) is 55.0 Å². The quantitative estimate of drug-likeness (QED) is 0.372. The van der Waals surface area contributed by atoms with E-state index in [1.54, 1.807) is 7.11 Å². The Balaban J connectivity index is 1.29. The summed E-state index contributed by atoms with van der Waals surface area (Å²) in [4.78, 5) is 36.7. The first kappa shape index (κ1) is 27.0. The predicted octanol–water partition coefficient (Wildman–Crippen LogP) is 4.22. The zero-order valence-electron chi connectivity index (χ0n) is 23.7. The average Bonchev–Trinajstić information content (AvgIpc) is 3.74. The second-order valence-corrected chi connectivity index (χ2v) is 10.6. The van der Waals surface area contributed by atoms with E-state index >= 15 is 0 Å². The number of rotatable bonds is 9. The number of hydroxylamine groups is 1. The van der Waals surface area contributed by atoms with Crippen LogP contribution in [0, 0.1) is 6.92 Å². The van der Waals surface area contributed by atoms with Crippen LogP contribution >= 0.6 is 0 Å². The smallest absolute Gasteiger partial charge is 0.247 e. The number of hydrogen-bond donors (Lipinski definition) is 2. The van der Waals surface area contributed by atoms with Crippen LogP contribution in [-0.2, 0) is 9.63 Å². The lowest BCUT2D eigenvalue weighted by molar-refractivity contribution is -0.111. The molecule has 41 heavy (non-hydrogen) atoms. The summed E-state index contributed by atoms with van der Waals surface area (Å²) in [6.07, 6.45) is 6.62. The van der Waals surface area contributed by atoms with Gasteiger partial charge >= 0.3 is 0 Å². The SMILES string of the molecule is C=CC(=O)Nc1cc(Nc2cc(N3OCC[C@@H]3c3ccc(C)nc3)ncn2)c(OC)cc1N1C[C@@H]2C[C@H]1CN2CC. The fourth-order valence-corrected chi connectivity index (χ4v) is 6.14. The Morgan fingerprint density at radius 3 is 2.76 bits per heavy atom. The highest BCUT2D eigenvalue weighted by Gasteiger charge is 2.43. The highest BCUT2D eigenvalue weighted by molar-refractivity contribution is 6.02. The molecule has 3 saturated heterocycles. The molecule has 0 aliphatic carbocycles. The molecule has 0 unspecified atom stereocenters. The van der Waals surface area contributed by atoms with Crippen molar-refractivity contribution in [3.05, 3.63) is 66.8 Å². The standard InChI is InChI=1S/C30H36N8O3/c1-5-30(39)35-23-12-24(27(40-4)13-26(23)37-17-21-11-22(37)16-36(21)6-2)34-28-14-29(33-18-32-28)38-25(9-10-41-38)20-8-7-19(3)31-15-20/h5,7-8,12-15,18,21-22,25H,1,6,9-11,16-17H2,2-4H3,(H,35,39)(H,32,33,34)/t21-,22-,25+/m0/s1. The number of fused-ring (bicyclic) bond motifs is 2. The van der Waals surface area contributed by atoms with Crippen LogP contribution in [-0.4, -0.2) is 71.2 Å². The van der Waals surface area contributed by atoms with Gasteiger partial charge in [-0.15, -0.1) is 0 Å². The number of aromatic nitrogens is 3. The van der Waals surface area contributed by atoms with Crippen LogP contribution in [0.1, 0.15) is 37.1 Å². The maximum Gasteiger partial charge on any atom is 0.247 e. The Hall–Kier alpha value is -4.22. The van der Waals surface area contributed by atoms with E-state index in [0.29, 0.717) is 47.5 Å². The fraction of sp³-hybridized carbons (Fsp3) is 0.400. The van der Waals surface area contributed by atoms with Crippen LogP contribution in [0.15, 0.2) is 55.5 Å². The molecule has 2 N–H and O–H groups in total. The molecule has 1 amide bonds. The number of methoxy groups -OCH3 is 1. The molecule has 3 fully saturated rings. The molecule has 2 bridgehead atoms. The molecule has 3 aliphatic heterocycles. The van der Waals surface area contributed by atoms with Crippen molar-refractivity contribution in [1.29, 1.82) is 0 Å². The minimum atomic E-state index is -0.269. The third-order valence-electron chi connectivity index (χ3n) is 8.20. The second kappa shape index (κ2) is 11.3. The van der Waals surface area contributed by atoms with Crippen LogP contribution in [0.3, 0.4) is 0 Å². The van der Waals surface area contributed by atoms with E-state index in [-0.39, 0.29) is 11.9 Å². The van der Waals surface area contributed by atoms with Gasteiger partial charge in [0.1, 0.15) is 17.9 Å². The van der Waals surface area contributed by atoms with E-state index in [0.717, 1.165) is 49.4 Å². The molecule has 11 nitrogen and oxygen atoms in total. The Kier molecular flexibility index (Phi) is 7.46. The number of amides is 1. The molecule has 5 heterocycles. The summed E-state index contributed by atoms with van der Waals surface area (Å²) in [5.41, 5.74) is 4.34. The molecule has 11 heteroatoms. The molecular weight excluding hydrogens is 520 g/mol. The van der Waals surface area contributed by atoms with E-state index in [1.807, 2.05) is 42.4 Å². The molecule has 3 aliphatic rings. The molecule has 214 valence electrons. The maximum atomic E-state index is 12.4. The number of anilines is 5. The number of aryl methyl sites for hydroxylation is 1. The zero-order valence-corrected chi connectivity index (χ0v) is 23.7. The second-order valence-electron chi connectivity index (χ2n) is 10.6. The van der Waals surface area contributed by atoms with E-state index in [9.17, 15) is 4.79 Å². The third-order valence-corrected chi connectivity index (χ3v) is 8.20. The van der Waals surface area contributed by atoms with Gasteiger partial charge in [-0.05, 0) is 43.7 Å². The van der Waals surface area contributed by atoms with Crippen molar-refractivity contribution in [2.75, 3.05) is 53.9 Å². The van der Waals surface area contributed by atoms with Gasteiger partial charge in [0, 0.05) is 55.6 Å². The van der Waals surface area contributed by atoms with Gasteiger partial charge in [-0.3, -0.25) is 19.5 Å². The number of ether oxygens (including phenoxy) is 1. The molecule has 0 saturated carbocycles. The first-order chi connectivity index (χ1) is 20.0. The van der Waals surface area contributed by atoms with Gasteiger partial charge in [0.25, 0.3) is 0 Å². The van der Waals surface area contributed by atoms with Crippen molar-refractivity contribution in [2.45, 2.75) is 44.8 Å². The lowest BCUT2D eigenvalue weighted by Gasteiger charge is -2.36. The van der Waals surface area contributed by atoms with Crippen LogP contribution in [0.4, 0.5) is 28.7 Å². The van der Waals surface area contributed by atoms with Gasteiger partial charge < -0.3 is 20.3 Å². The minimum absolute atomic E-state index is 0.000173. The Morgan fingerprint density at radius 1 is 1.17 bits per heavy atom. The van der Waals surface area contributed by atoms with Crippen LogP contribution < -0.4 is 25.3 Å². The van der Waals surface area contributed by atoms with Crippen molar-refractivity contribution in [1.82, 2.24) is 19.9 Å². The highest BCUT2D eigenvalue weighted by atomic mass is 16.7. The number of benzene rings is 1. The topological polar surface area (TPSA) is 108 Å². The molecule has 6 rings (SSSR count). The van der Waals surface area contributed by atoms with Crippen molar-refractivity contribution in [2.24, 2.45) is 0 Å². The van der Waals surface area contributed by atoms with Crippen molar-refractivity contribution in [3.63, 3.8) is 0 Å². The zero-order chi connectivity index (χ0) is 28.5. The lowest BCUT2D eigenvalue weighted by Crippen LogP contribution is -2.46. The largest absolute Gasteiger partial charge is 0.494 e. The molecule has 1 aromatic carbocycles. The lowest BCUT2D eigenvalue weighted by atomic mass is 10.1. The Bertz CT molecular complexity index is 1430. The van der Waals surface area contributed by atoms with Gasteiger partial charge in [0.15, 0.2) is 5.82 Å². The normalized spacial score (nSPS) is 21.8. The molecular formula is C30H36N8O3. The maximum absolute atomic E-state index is 12.4. The van der Waals surface area contributed by atoms with Gasteiger partial charge in [-0.1, -0.05) is 19.6 Å². The molecule has 2 aromatic heterocycles. The summed E-state index contributed by atoms with van der Waals surface area (Å²) in [5, 5.41) is 8.20. The van der Waals surface area contributed by atoms with Gasteiger partial charge in [-0.25, -0.2) is 15.0 Å². The molecule has 3 atom stereocenters. The number of nitrogens with zero attached hydrogens (tertiary/aromatic N) is 6. The summed E-state index contributed by atoms with van der Waals surface area (Å²) >= 11 is 0. The number of carbonyl (C=O) groups is 1. The monoisotopic (exact) mass is 556 g/mol. The highest BCUT2D eigenvalue weighted by Crippen LogP contribution is 2.43. The van der Waals surface area contributed by atoms with E-state index < -0.39 is 0 Å². The van der Waals surface area contributed by atoms with Crippen molar-refractivity contribution >= 4 is 34.6 Å². The third kappa shape index (κ3) is 5.30. The number of piperazine rings is 1. The van der Waals surface area contributed by atoms with E-state index in [4.69, 9.17) is 9.57 Å². The Labute approximate surface area is 240 Å². The van der Waals surface area contributed by atoms with Gasteiger partial charge in [0.05, 0.1) is 36.8 Å². The van der Waals surface area contributed by atoms with Crippen LogP contribution in [0.5, 0.6) is 5.75 Å². The number of pyridine rings is 1. The van der Waals surface area contributed by atoms with Gasteiger partial charge in [-0.2, -0.15) is 0 Å². The predicted molar refractivity (Wildman–Crippen MR) is 159 cm³/mol. The first-order valence-corrected chi connectivity index (χ1v) is 14.1. The van der Waals surface area contributed by atoms with Gasteiger partial charge in [0.2, 0.25) is 5.91 Å². The molecule has 0 spiro atoms. The summed E-state index contributed by atoms with van der Waals surface area (Å²) in [6.45, 7) is 11.4. The first-order valence-electron chi connectivity index (χ1n) is 14.1. The number of hydrogen-bond acceptors (Lipinski definition) is 10. The van der Waals surface area contributed by atoms with Crippen LogP contribution in [0.25, 0.3) is 0 Å². The van der Waals surface area contributed by atoms with Crippen LogP contribution in [0.2, 0.25) is 0 Å². The summed E-state index contributed by atoms with van der Waals surface area (Å²) in [6, 6.07) is 10.7. The van der Waals surface area contributed by atoms with E-state index in [1.165, 1.54) is 12.4 Å².